The molecule has 0 saturated carbocycles. The summed E-state index contributed by atoms with van der Waals surface area (Å²) < 4.78 is 11.0. The topological polar surface area (TPSA) is 21.7 Å². The smallest absolute Gasteiger partial charge is 0.189 e. The molecule has 1 aromatic rings. The first kappa shape index (κ1) is 14.2. The number of hydrogen-bond acceptors (Lipinski definition) is 3. The SMILES string of the molecule is C[C@H]1C[C@H](C)CN(Cc2cc(Cl)cc3c2OCOC3)C1. The highest BCUT2D eigenvalue weighted by Gasteiger charge is 2.24. The summed E-state index contributed by atoms with van der Waals surface area (Å²) in [5.74, 6) is 2.50. The van der Waals surface area contributed by atoms with Crippen molar-refractivity contribution in [1.29, 1.82) is 0 Å². The number of rotatable bonds is 2. The minimum Gasteiger partial charge on any atom is -0.467 e. The highest BCUT2D eigenvalue weighted by molar-refractivity contribution is 6.30. The molecular formula is C16H22ClNO2. The van der Waals surface area contributed by atoms with E-state index in [4.69, 9.17) is 21.1 Å². The lowest BCUT2D eigenvalue weighted by molar-refractivity contribution is -0.0177. The molecule has 2 aliphatic heterocycles. The van der Waals surface area contributed by atoms with Crippen LogP contribution in [0.2, 0.25) is 5.02 Å². The van der Waals surface area contributed by atoms with Gasteiger partial charge in [-0.25, -0.2) is 0 Å². The van der Waals surface area contributed by atoms with E-state index in [0.29, 0.717) is 13.4 Å². The average molecular weight is 296 g/mol. The molecule has 110 valence electrons. The second-order valence-electron chi connectivity index (χ2n) is 6.30. The monoisotopic (exact) mass is 295 g/mol. The van der Waals surface area contributed by atoms with Crippen LogP contribution in [-0.4, -0.2) is 24.8 Å². The van der Waals surface area contributed by atoms with Gasteiger partial charge in [0, 0.05) is 35.8 Å². The van der Waals surface area contributed by atoms with E-state index < -0.39 is 0 Å². The average Bonchev–Trinajstić information content (AvgIpc) is 2.37. The molecule has 2 heterocycles. The Kier molecular flexibility index (Phi) is 4.20. The van der Waals surface area contributed by atoms with E-state index >= 15 is 0 Å². The largest absolute Gasteiger partial charge is 0.467 e. The Hall–Kier alpha value is -0.770. The van der Waals surface area contributed by atoms with Gasteiger partial charge in [-0.1, -0.05) is 25.4 Å². The number of hydrogen-bond donors (Lipinski definition) is 0. The van der Waals surface area contributed by atoms with Gasteiger partial charge >= 0.3 is 0 Å². The summed E-state index contributed by atoms with van der Waals surface area (Å²) >= 11 is 6.23. The van der Waals surface area contributed by atoms with Crippen molar-refractivity contribution >= 4 is 11.6 Å². The molecule has 0 amide bonds. The van der Waals surface area contributed by atoms with Crippen LogP contribution in [0.5, 0.6) is 5.75 Å². The zero-order chi connectivity index (χ0) is 14.1. The lowest BCUT2D eigenvalue weighted by Crippen LogP contribution is -2.38. The van der Waals surface area contributed by atoms with Gasteiger partial charge in [0.1, 0.15) is 5.75 Å². The van der Waals surface area contributed by atoms with Gasteiger partial charge in [0.05, 0.1) is 6.61 Å². The van der Waals surface area contributed by atoms with Crippen molar-refractivity contribution < 1.29 is 9.47 Å². The van der Waals surface area contributed by atoms with Crippen LogP contribution < -0.4 is 4.74 Å². The molecule has 0 aliphatic carbocycles. The molecule has 4 heteroatoms. The predicted molar refractivity (Wildman–Crippen MR) is 80.0 cm³/mol. The summed E-state index contributed by atoms with van der Waals surface area (Å²) in [5.41, 5.74) is 2.26. The maximum atomic E-state index is 6.23. The summed E-state index contributed by atoms with van der Waals surface area (Å²) in [4.78, 5) is 2.52. The van der Waals surface area contributed by atoms with E-state index in [9.17, 15) is 0 Å². The Labute approximate surface area is 125 Å². The van der Waals surface area contributed by atoms with Gasteiger partial charge in [0.25, 0.3) is 0 Å². The van der Waals surface area contributed by atoms with Crippen LogP contribution in [0.4, 0.5) is 0 Å². The van der Waals surface area contributed by atoms with Gasteiger partial charge < -0.3 is 9.47 Å². The predicted octanol–water partition coefficient (Wildman–Crippen LogP) is 3.68. The normalized spacial score (nSPS) is 26.9. The van der Waals surface area contributed by atoms with Crippen molar-refractivity contribution in [2.45, 2.75) is 33.4 Å². The van der Waals surface area contributed by atoms with Crippen molar-refractivity contribution in [2.75, 3.05) is 19.9 Å². The molecule has 0 bridgehead atoms. The molecular weight excluding hydrogens is 274 g/mol. The standard InChI is InChI=1S/C16H22ClNO2/c1-11-3-12(2)7-18(6-11)8-13-4-15(17)5-14-9-19-10-20-16(13)14/h4-5,11-12H,3,6-10H2,1-2H3/t11-,12-/m0/s1. The Morgan fingerprint density at radius 1 is 1.25 bits per heavy atom. The molecule has 0 spiro atoms. The first-order chi connectivity index (χ1) is 9.61. The molecule has 1 aromatic carbocycles. The minimum atomic E-state index is 0.342. The second kappa shape index (κ2) is 5.92. The molecule has 2 atom stereocenters. The van der Waals surface area contributed by atoms with Crippen LogP contribution in [-0.2, 0) is 17.9 Å². The Balaban J connectivity index is 1.81. The van der Waals surface area contributed by atoms with Crippen molar-refractivity contribution in [2.24, 2.45) is 11.8 Å². The Bertz CT molecular complexity index is 482. The van der Waals surface area contributed by atoms with Crippen LogP contribution >= 0.6 is 11.6 Å². The third kappa shape index (κ3) is 3.11. The molecule has 0 unspecified atom stereocenters. The molecule has 3 nitrogen and oxygen atoms in total. The first-order valence-electron chi connectivity index (χ1n) is 7.36. The first-order valence-corrected chi connectivity index (χ1v) is 7.74. The van der Waals surface area contributed by atoms with Gasteiger partial charge in [-0.3, -0.25) is 4.90 Å². The lowest BCUT2D eigenvalue weighted by atomic mass is 9.91. The lowest BCUT2D eigenvalue weighted by Gasteiger charge is -2.35. The maximum Gasteiger partial charge on any atom is 0.189 e. The third-order valence-electron chi connectivity index (χ3n) is 4.09. The van der Waals surface area contributed by atoms with Gasteiger partial charge in [-0.15, -0.1) is 0 Å². The van der Waals surface area contributed by atoms with Gasteiger partial charge in [0.15, 0.2) is 6.79 Å². The molecule has 20 heavy (non-hydrogen) atoms. The summed E-state index contributed by atoms with van der Waals surface area (Å²) in [7, 11) is 0. The zero-order valence-electron chi connectivity index (χ0n) is 12.2. The van der Waals surface area contributed by atoms with E-state index in [2.05, 4.69) is 18.7 Å². The van der Waals surface area contributed by atoms with Crippen molar-refractivity contribution in [3.05, 3.63) is 28.3 Å². The molecule has 1 fully saturated rings. The van der Waals surface area contributed by atoms with Crippen molar-refractivity contribution in [3.8, 4) is 5.75 Å². The number of likely N-dealkylation sites (tertiary alicyclic amines) is 1. The summed E-state index contributed by atoms with van der Waals surface area (Å²) in [6.07, 6.45) is 1.33. The Morgan fingerprint density at radius 2 is 2.00 bits per heavy atom. The van der Waals surface area contributed by atoms with E-state index in [-0.39, 0.29) is 0 Å². The number of ether oxygens (including phenoxy) is 2. The van der Waals surface area contributed by atoms with Gasteiger partial charge in [-0.2, -0.15) is 0 Å². The number of benzene rings is 1. The van der Waals surface area contributed by atoms with E-state index in [0.717, 1.165) is 47.8 Å². The fourth-order valence-corrected chi connectivity index (χ4v) is 3.80. The fourth-order valence-electron chi connectivity index (χ4n) is 3.54. The number of nitrogens with zero attached hydrogens (tertiary/aromatic N) is 1. The molecule has 3 rings (SSSR count). The second-order valence-corrected chi connectivity index (χ2v) is 6.74. The fraction of sp³-hybridized carbons (Fsp3) is 0.625. The van der Waals surface area contributed by atoms with Crippen LogP contribution in [0.1, 0.15) is 31.4 Å². The van der Waals surface area contributed by atoms with E-state index in [1.165, 1.54) is 12.0 Å². The van der Waals surface area contributed by atoms with Gasteiger partial charge in [-0.05, 0) is 30.4 Å². The van der Waals surface area contributed by atoms with Gasteiger partial charge in [0.2, 0.25) is 0 Å². The van der Waals surface area contributed by atoms with Crippen LogP contribution in [0.3, 0.4) is 0 Å². The highest BCUT2D eigenvalue weighted by Crippen LogP contribution is 2.33. The summed E-state index contributed by atoms with van der Waals surface area (Å²) in [6, 6.07) is 3.98. The van der Waals surface area contributed by atoms with Crippen molar-refractivity contribution in [1.82, 2.24) is 4.90 Å². The van der Waals surface area contributed by atoms with Crippen LogP contribution in [0, 0.1) is 11.8 Å². The molecule has 2 aliphatic rings. The highest BCUT2D eigenvalue weighted by atomic mass is 35.5. The van der Waals surface area contributed by atoms with E-state index in [1.54, 1.807) is 0 Å². The number of piperidine rings is 1. The summed E-state index contributed by atoms with van der Waals surface area (Å²) in [6.45, 7) is 8.83. The van der Waals surface area contributed by atoms with Crippen LogP contribution in [0.15, 0.2) is 12.1 Å². The number of halogens is 1. The van der Waals surface area contributed by atoms with Crippen LogP contribution in [0.25, 0.3) is 0 Å². The molecule has 1 saturated heterocycles. The number of fused-ring (bicyclic) bond motifs is 1. The molecule has 0 aromatic heterocycles. The third-order valence-corrected chi connectivity index (χ3v) is 4.31. The maximum absolute atomic E-state index is 6.23. The minimum absolute atomic E-state index is 0.342. The van der Waals surface area contributed by atoms with E-state index in [1.807, 2.05) is 12.1 Å². The quantitative estimate of drug-likeness (QED) is 0.831. The molecule has 0 radical (unpaired) electrons. The summed E-state index contributed by atoms with van der Waals surface area (Å²) in [5, 5.41) is 0.769. The molecule has 0 N–H and O–H groups in total. The Morgan fingerprint density at radius 3 is 2.75 bits per heavy atom. The van der Waals surface area contributed by atoms with Crippen molar-refractivity contribution in [3.63, 3.8) is 0 Å². The zero-order valence-corrected chi connectivity index (χ0v) is 12.9.